The predicted octanol–water partition coefficient (Wildman–Crippen LogP) is 4.84. The minimum Gasteiger partial charge on any atom is -0.479 e. The van der Waals surface area contributed by atoms with Crippen molar-refractivity contribution >= 4 is 11.7 Å². The smallest absolute Gasteiger partial charge is 0.417 e. The van der Waals surface area contributed by atoms with E-state index < -0.39 is 52.6 Å². The molecule has 0 amide bonds. The lowest BCUT2D eigenvalue weighted by Crippen LogP contribution is -2.62. The van der Waals surface area contributed by atoms with E-state index in [-0.39, 0.29) is 0 Å². The maximum Gasteiger partial charge on any atom is 0.417 e. The molecule has 0 radical (unpaired) electrons. The summed E-state index contributed by atoms with van der Waals surface area (Å²) in [5, 5.41) is 18.5. The number of carbonyl (C=O) groups is 1. The fraction of sp³-hybridized carbons (Fsp3) is 0.529. The average Bonchev–Trinajstić information content (AvgIpc) is 2.48. The summed E-state index contributed by atoms with van der Waals surface area (Å²) in [5.74, 6) is -1.63. The zero-order valence-corrected chi connectivity index (χ0v) is 15.0. The molecular formula is C17H18F6N2O2. The van der Waals surface area contributed by atoms with Crippen molar-refractivity contribution in [2.75, 3.05) is 11.4 Å². The minimum atomic E-state index is -4.99. The molecular weight excluding hydrogens is 378 g/mol. The van der Waals surface area contributed by atoms with E-state index in [1.54, 1.807) is 0 Å². The van der Waals surface area contributed by atoms with Crippen LogP contribution in [0.15, 0.2) is 18.2 Å². The highest BCUT2D eigenvalue weighted by Crippen LogP contribution is 2.42. The molecule has 0 saturated carbocycles. The topological polar surface area (TPSA) is 64.3 Å². The van der Waals surface area contributed by atoms with Gasteiger partial charge in [-0.15, -0.1) is 0 Å². The molecule has 0 aliphatic heterocycles. The third kappa shape index (κ3) is 4.64. The molecule has 0 heterocycles. The van der Waals surface area contributed by atoms with Crippen molar-refractivity contribution in [1.82, 2.24) is 0 Å². The first-order valence-corrected chi connectivity index (χ1v) is 7.64. The summed E-state index contributed by atoms with van der Waals surface area (Å²) in [4.78, 5) is 12.3. The summed E-state index contributed by atoms with van der Waals surface area (Å²) < 4.78 is 79.0. The number of nitriles is 1. The van der Waals surface area contributed by atoms with E-state index in [4.69, 9.17) is 5.26 Å². The molecule has 4 nitrogen and oxygen atoms in total. The Morgan fingerprint density at radius 2 is 1.63 bits per heavy atom. The van der Waals surface area contributed by atoms with Crippen LogP contribution in [0.4, 0.5) is 32.0 Å². The number of aliphatic carboxylic acids is 1. The zero-order valence-electron chi connectivity index (χ0n) is 15.0. The average molecular weight is 396 g/mol. The van der Waals surface area contributed by atoms with Crippen LogP contribution >= 0.6 is 0 Å². The van der Waals surface area contributed by atoms with Gasteiger partial charge in [0.2, 0.25) is 0 Å². The Hall–Kier alpha value is -2.44. The second kappa shape index (κ2) is 6.94. The molecule has 0 aliphatic rings. The van der Waals surface area contributed by atoms with E-state index in [1.165, 1.54) is 26.8 Å². The Labute approximate surface area is 152 Å². The highest BCUT2D eigenvalue weighted by Gasteiger charge is 2.52. The second-order valence-corrected chi connectivity index (χ2v) is 7.17. The second-order valence-electron chi connectivity index (χ2n) is 7.17. The minimum absolute atomic E-state index is 0.372. The van der Waals surface area contributed by atoms with Crippen LogP contribution in [0.2, 0.25) is 0 Å². The van der Waals surface area contributed by atoms with Crippen molar-refractivity contribution in [2.24, 2.45) is 5.41 Å². The highest BCUT2D eigenvalue weighted by atomic mass is 19.4. The first-order chi connectivity index (χ1) is 11.9. The van der Waals surface area contributed by atoms with Gasteiger partial charge >= 0.3 is 18.3 Å². The van der Waals surface area contributed by atoms with Crippen molar-refractivity contribution in [3.05, 3.63) is 29.3 Å². The third-order valence-corrected chi connectivity index (χ3v) is 4.49. The van der Waals surface area contributed by atoms with E-state index in [0.717, 1.165) is 19.1 Å². The molecule has 150 valence electrons. The Morgan fingerprint density at radius 1 is 1.11 bits per heavy atom. The van der Waals surface area contributed by atoms with Crippen molar-refractivity contribution in [2.45, 2.75) is 45.6 Å². The Bertz CT molecular complexity index is 759. The first-order valence-electron chi connectivity index (χ1n) is 7.64. The van der Waals surface area contributed by atoms with Gasteiger partial charge in [0.15, 0.2) is 0 Å². The number of alkyl halides is 6. The third-order valence-electron chi connectivity index (χ3n) is 4.49. The van der Waals surface area contributed by atoms with Crippen LogP contribution in [-0.2, 0) is 11.0 Å². The highest BCUT2D eigenvalue weighted by molar-refractivity contribution is 5.84. The summed E-state index contributed by atoms with van der Waals surface area (Å²) in [6, 6.07) is 3.31. The van der Waals surface area contributed by atoms with Crippen LogP contribution in [0.5, 0.6) is 0 Å². The van der Waals surface area contributed by atoms with Gasteiger partial charge in [-0.2, -0.15) is 31.6 Å². The van der Waals surface area contributed by atoms with Crippen LogP contribution < -0.4 is 4.90 Å². The van der Waals surface area contributed by atoms with Gasteiger partial charge in [0.05, 0.1) is 17.2 Å². The summed E-state index contributed by atoms with van der Waals surface area (Å²) in [6.45, 7) is 3.36. The number of carboxylic acid groups (broad SMARTS) is 1. The largest absolute Gasteiger partial charge is 0.479 e. The number of hydrogen-bond donors (Lipinski definition) is 1. The molecule has 0 aromatic heterocycles. The number of halogens is 6. The monoisotopic (exact) mass is 396 g/mol. The van der Waals surface area contributed by atoms with Crippen molar-refractivity contribution in [3.8, 4) is 6.07 Å². The van der Waals surface area contributed by atoms with Gasteiger partial charge in [0, 0.05) is 5.69 Å². The van der Waals surface area contributed by atoms with Crippen LogP contribution in [0.3, 0.4) is 0 Å². The molecule has 0 spiro atoms. The standard InChI is InChI=1S/C17H18F6N2O2/c1-14(2,3)15(4,13(26)27)25(9-16(18,19)20)11-6-5-10(8-24)12(7-11)17(21,22)23/h5-7H,9H2,1-4H3,(H,26,27)/t15-/m0/s1. The SMILES string of the molecule is CC(C)(C)[C@](C)(C(=O)O)N(CC(F)(F)F)c1ccc(C#N)c(C(F)(F)F)c1. The van der Waals surface area contributed by atoms with E-state index in [1.807, 2.05) is 0 Å². The number of benzene rings is 1. The van der Waals surface area contributed by atoms with Crippen molar-refractivity contribution in [1.29, 1.82) is 5.26 Å². The van der Waals surface area contributed by atoms with Gasteiger partial charge in [-0.1, -0.05) is 20.8 Å². The number of carboxylic acids is 1. The molecule has 10 heteroatoms. The Kier molecular flexibility index (Phi) is 5.81. The molecule has 0 bridgehead atoms. The summed E-state index contributed by atoms with van der Waals surface area (Å²) in [5.41, 5.74) is -6.28. The first kappa shape index (κ1) is 22.6. The van der Waals surface area contributed by atoms with Gasteiger partial charge in [-0.25, -0.2) is 4.79 Å². The van der Waals surface area contributed by atoms with Crippen molar-refractivity contribution < 1.29 is 36.2 Å². The number of rotatable bonds is 4. The summed E-state index contributed by atoms with van der Waals surface area (Å²) in [7, 11) is 0. The van der Waals surface area contributed by atoms with E-state index in [0.29, 0.717) is 11.0 Å². The van der Waals surface area contributed by atoms with Crippen LogP contribution in [-0.4, -0.2) is 29.3 Å². The van der Waals surface area contributed by atoms with Gasteiger partial charge in [-0.05, 0) is 30.5 Å². The van der Waals surface area contributed by atoms with E-state index >= 15 is 0 Å². The molecule has 1 atom stereocenters. The van der Waals surface area contributed by atoms with Gasteiger partial charge in [0.25, 0.3) is 0 Å². The molecule has 0 fully saturated rings. The zero-order chi connectivity index (χ0) is 21.4. The molecule has 1 aromatic rings. The lowest BCUT2D eigenvalue weighted by molar-refractivity contribution is -0.150. The summed E-state index contributed by atoms with van der Waals surface area (Å²) in [6.07, 6.45) is -9.87. The molecule has 1 N–H and O–H groups in total. The van der Waals surface area contributed by atoms with Crippen LogP contribution in [0, 0.1) is 16.7 Å². The van der Waals surface area contributed by atoms with Gasteiger partial charge in [0.1, 0.15) is 12.1 Å². The fourth-order valence-electron chi connectivity index (χ4n) is 2.56. The summed E-state index contributed by atoms with van der Waals surface area (Å²) >= 11 is 0. The molecule has 0 unspecified atom stereocenters. The fourth-order valence-corrected chi connectivity index (χ4v) is 2.56. The lowest BCUT2D eigenvalue weighted by Gasteiger charge is -2.48. The molecule has 0 aliphatic carbocycles. The van der Waals surface area contributed by atoms with Crippen LogP contribution in [0.25, 0.3) is 0 Å². The number of nitrogens with zero attached hydrogens (tertiary/aromatic N) is 2. The number of anilines is 1. The maximum absolute atomic E-state index is 13.2. The molecule has 27 heavy (non-hydrogen) atoms. The van der Waals surface area contributed by atoms with Crippen molar-refractivity contribution in [3.63, 3.8) is 0 Å². The molecule has 0 saturated heterocycles. The normalized spacial score (nSPS) is 15.0. The van der Waals surface area contributed by atoms with E-state index in [9.17, 15) is 36.2 Å². The van der Waals surface area contributed by atoms with Gasteiger partial charge in [-0.3, -0.25) is 0 Å². The Morgan fingerprint density at radius 3 is 1.96 bits per heavy atom. The maximum atomic E-state index is 13.2. The van der Waals surface area contributed by atoms with Crippen LogP contribution in [0.1, 0.15) is 38.8 Å². The Balaban J connectivity index is 3.78. The lowest BCUT2D eigenvalue weighted by atomic mass is 9.73. The number of hydrogen-bond acceptors (Lipinski definition) is 3. The molecule has 1 aromatic carbocycles. The van der Waals surface area contributed by atoms with Gasteiger partial charge < -0.3 is 10.0 Å². The molecule has 1 rings (SSSR count). The predicted molar refractivity (Wildman–Crippen MR) is 85.1 cm³/mol. The van der Waals surface area contributed by atoms with E-state index in [2.05, 4.69) is 0 Å². The quantitative estimate of drug-likeness (QED) is 0.740.